The van der Waals surface area contributed by atoms with Crippen molar-refractivity contribution in [3.63, 3.8) is 0 Å². The lowest BCUT2D eigenvalue weighted by atomic mass is 9.88. The fourth-order valence-corrected chi connectivity index (χ4v) is 2.58. The Bertz CT molecular complexity index is 159. The molecule has 0 spiro atoms. The molecule has 0 heterocycles. The van der Waals surface area contributed by atoms with Gasteiger partial charge >= 0.3 is 0 Å². The third-order valence-electron chi connectivity index (χ3n) is 3.41. The Balaban J connectivity index is 2.53. The Morgan fingerprint density at radius 2 is 1.64 bits per heavy atom. The first-order chi connectivity index (χ1) is 6.66. The van der Waals surface area contributed by atoms with Crippen molar-refractivity contribution < 1.29 is 0 Å². The third-order valence-corrected chi connectivity index (χ3v) is 3.41. The maximum absolute atomic E-state index is 5.60. The van der Waals surface area contributed by atoms with E-state index in [4.69, 9.17) is 5.73 Å². The molecule has 1 fully saturated rings. The molecule has 1 aliphatic rings. The number of nitrogens with zero attached hydrogens (tertiary/aromatic N) is 2. The van der Waals surface area contributed by atoms with Gasteiger partial charge in [-0.3, -0.25) is 0 Å². The second-order valence-corrected chi connectivity index (χ2v) is 4.65. The van der Waals surface area contributed by atoms with Crippen molar-refractivity contribution >= 4 is 0 Å². The van der Waals surface area contributed by atoms with Crippen LogP contribution in [0.1, 0.15) is 25.7 Å². The largest absolute Gasteiger partial charge is 0.329 e. The fourth-order valence-electron chi connectivity index (χ4n) is 2.58. The van der Waals surface area contributed by atoms with Gasteiger partial charge in [0.2, 0.25) is 0 Å². The van der Waals surface area contributed by atoms with E-state index in [9.17, 15) is 0 Å². The lowest BCUT2D eigenvalue weighted by Gasteiger charge is -2.41. The standard InChI is InChI=1S/C11H25N3/c1-13(2)10-6-4-5-7-11(10)14(3)9-8-12/h10-11H,4-9,12H2,1-3H3/t10-,11+/m1/s1. The molecule has 3 nitrogen and oxygen atoms in total. The molecule has 0 saturated heterocycles. The Labute approximate surface area is 88.2 Å². The summed E-state index contributed by atoms with van der Waals surface area (Å²) in [6, 6.07) is 1.43. The second-order valence-electron chi connectivity index (χ2n) is 4.65. The summed E-state index contributed by atoms with van der Waals surface area (Å²) in [4.78, 5) is 4.81. The first kappa shape index (κ1) is 12.0. The second kappa shape index (κ2) is 5.69. The van der Waals surface area contributed by atoms with Crippen LogP contribution in [0.2, 0.25) is 0 Å². The summed E-state index contributed by atoms with van der Waals surface area (Å²) in [6.45, 7) is 1.79. The highest BCUT2D eigenvalue weighted by Crippen LogP contribution is 2.24. The molecule has 1 aliphatic carbocycles. The number of hydrogen-bond acceptors (Lipinski definition) is 3. The molecule has 0 unspecified atom stereocenters. The Kier molecular flexibility index (Phi) is 4.85. The molecule has 1 saturated carbocycles. The highest BCUT2D eigenvalue weighted by atomic mass is 15.2. The maximum Gasteiger partial charge on any atom is 0.0248 e. The van der Waals surface area contributed by atoms with Crippen molar-refractivity contribution in [3.8, 4) is 0 Å². The van der Waals surface area contributed by atoms with E-state index in [-0.39, 0.29) is 0 Å². The van der Waals surface area contributed by atoms with Crippen LogP contribution in [0.3, 0.4) is 0 Å². The zero-order valence-corrected chi connectivity index (χ0v) is 9.87. The number of hydrogen-bond donors (Lipinski definition) is 1. The zero-order chi connectivity index (χ0) is 10.6. The lowest BCUT2D eigenvalue weighted by molar-refractivity contribution is 0.0945. The Morgan fingerprint density at radius 1 is 1.07 bits per heavy atom. The summed E-state index contributed by atoms with van der Waals surface area (Å²) >= 11 is 0. The molecule has 84 valence electrons. The van der Waals surface area contributed by atoms with Crippen LogP contribution in [-0.2, 0) is 0 Å². The van der Waals surface area contributed by atoms with Crippen LogP contribution in [0.4, 0.5) is 0 Å². The summed E-state index contributed by atoms with van der Waals surface area (Å²) in [7, 11) is 6.60. The summed E-state index contributed by atoms with van der Waals surface area (Å²) < 4.78 is 0. The van der Waals surface area contributed by atoms with E-state index in [1.165, 1.54) is 25.7 Å². The predicted molar refractivity (Wildman–Crippen MR) is 61.4 cm³/mol. The molecule has 2 N–H and O–H groups in total. The van der Waals surface area contributed by atoms with Crippen LogP contribution in [-0.4, -0.2) is 56.1 Å². The van der Waals surface area contributed by atoms with Gasteiger partial charge in [-0.05, 0) is 34.0 Å². The quantitative estimate of drug-likeness (QED) is 0.725. The van der Waals surface area contributed by atoms with Gasteiger partial charge in [-0.25, -0.2) is 0 Å². The monoisotopic (exact) mass is 199 g/mol. The van der Waals surface area contributed by atoms with E-state index in [2.05, 4.69) is 30.9 Å². The minimum absolute atomic E-state index is 0.710. The molecular formula is C11H25N3. The predicted octanol–water partition coefficient (Wildman–Crippen LogP) is 0.750. The van der Waals surface area contributed by atoms with Crippen molar-refractivity contribution in [1.82, 2.24) is 9.80 Å². The van der Waals surface area contributed by atoms with Crippen LogP contribution in [0.15, 0.2) is 0 Å². The molecule has 0 radical (unpaired) electrons. The topological polar surface area (TPSA) is 32.5 Å². The smallest absolute Gasteiger partial charge is 0.0248 e. The molecule has 0 amide bonds. The highest BCUT2D eigenvalue weighted by Gasteiger charge is 2.28. The maximum atomic E-state index is 5.60. The summed E-state index contributed by atoms with van der Waals surface area (Å²) in [6.07, 6.45) is 5.44. The Hall–Kier alpha value is -0.120. The minimum Gasteiger partial charge on any atom is -0.329 e. The molecule has 14 heavy (non-hydrogen) atoms. The summed E-state index contributed by atoms with van der Waals surface area (Å²) in [5, 5.41) is 0. The van der Waals surface area contributed by atoms with Gasteiger partial charge < -0.3 is 15.5 Å². The molecule has 0 aromatic rings. The summed E-state index contributed by atoms with van der Waals surface area (Å²) in [5.41, 5.74) is 5.60. The molecular weight excluding hydrogens is 174 g/mol. The van der Waals surface area contributed by atoms with Crippen molar-refractivity contribution in [1.29, 1.82) is 0 Å². The SMILES string of the molecule is CN(C)[C@@H]1CCCC[C@@H]1N(C)CCN. The molecule has 0 aromatic carbocycles. The van der Waals surface area contributed by atoms with Crippen molar-refractivity contribution in [2.75, 3.05) is 34.2 Å². The molecule has 0 aromatic heterocycles. The van der Waals surface area contributed by atoms with Gasteiger partial charge in [-0.15, -0.1) is 0 Å². The van der Waals surface area contributed by atoms with Crippen LogP contribution in [0.25, 0.3) is 0 Å². The summed E-state index contributed by atoms with van der Waals surface area (Å²) in [5.74, 6) is 0. The molecule has 1 rings (SSSR count). The van der Waals surface area contributed by atoms with Gasteiger partial charge in [0.1, 0.15) is 0 Å². The number of nitrogens with two attached hydrogens (primary N) is 1. The van der Waals surface area contributed by atoms with Crippen molar-refractivity contribution in [2.45, 2.75) is 37.8 Å². The van der Waals surface area contributed by atoms with E-state index >= 15 is 0 Å². The average molecular weight is 199 g/mol. The lowest BCUT2D eigenvalue weighted by Crippen LogP contribution is -2.50. The van der Waals surface area contributed by atoms with E-state index in [1.807, 2.05) is 0 Å². The van der Waals surface area contributed by atoms with E-state index in [0.717, 1.165) is 19.1 Å². The van der Waals surface area contributed by atoms with E-state index < -0.39 is 0 Å². The fraction of sp³-hybridized carbons (Fsp3) is 1.00. The Morgan fingerprint density at radius 3 is 2.14 bits per heavy atom. The van der Waals surface area contributed by atoms with Crippen molar-refractivity contribution in [3.05, 3.63) is 0 Å². The van der Waals surface area contributed by atoms with E-state index in [1.54, 1.807) is 0 Å². The molecule has 0 bridgehead atoms. The number of likely N-dealkylation sites (N-methyl/N-ethyl adjacent to an activating group) is 2. The van der Waals surface area contributed by atoms with Gasteiger partial charge in [0.15, 0.2) is 0 Å². The van der Waals surface area contributed by atoms with Crippen molar-refractivity contribution in [2.24, 2.45) is 5.73 Å². The number of rotatable bonds is 4. The first-order valence-corrected chi connectivity index (χ1v) is 5.73. The molecule has 2 atom stereocenters. The third kappa shape index (κ3) is 2.94. The van der Waals surface area contributed by atoms with Gasteiger partial charge in [-0.2, -0.15) is 0 Å². The van der Waals surface area contributed by atoms with Crippen LogP contribution < -0.4 is 5.73 Å². The molecule has 0 aliphatic heterocycles. The van der Waals surface area contributed by atoms with Gasteiger partial charge in [0.25, 0.3) is 0 Å². The van der Waals surface area contributed by atoms with E-state index in [0.29, 0.717) is 6.04 Å². The highest BCUT2D eigenvalue weighted by molar-refractivity contribution is 4.86. The van der Waals surface area contributed by atoms with Gasteiger partial charge in [0, 0.05) is 25.2 Å². The first-order valence-electron chi connectivity index (χ1n) is 5.73. The minimum atomic E-state index is 0.710. The van der Waals surface area contributed by atoms with Crippen LogP contribution in [0.5, 0.6) is 0 Å². The van der Waals surface area contributed by atoms with Crippen LogP contribution >= 0.6 is 0 Å². The molecule has 3 heteroatoms. The van der Waals surface area contributed by atoms with Crippen LogP contribution in [0, 0.1) is 0 Å². The van der Waals surface area contributed by atoms with Gasteiger partial charge in [-0.1, -0.05) is 12.8 Å². The average Bonchev–Trinajstić information content (AvgIpc) is 2.18. The zero-order valence-electron chi connectivity index (χ0n) is 9.87. The normalized spacial score (nSPS) is 28.7. The van der Waals surface area contributed by atoms with Gasteiger partial charge in [0.05, 0.1) is 0 Å².